The Labute approximate surface area is 127 Å². The van der Waals surface area contributed by atoms with E-state index in [-0.39, 0.29) is 17.5 Å². The summed E-state index contributed by atoms with van der Waals surface area (Å²) < 4.78 is 0. The lowest BCUT2D eigenvalue weighted by Crippen LogP contribution is -2.26. The van der Waals surface area contributed by atoms with Crippen LogP contribution >= 0.6 is 11.8 Å². The van der Waals surface area contributed by atoms with Crippen LogP contribution in [0.2, 0.25) is 0 Å². The summed E-state index contributed by atoms with van der Waals surface area (Å²) in [5, 5.41) is -0.0565. The van der Waals surface area contributed by atoms with Gasteiger partial charge in [-0.15, -0.1) is 0 Å². The highest BCUT2D eigenvalue weighted by Crippen LogP contribution is 2.35. The molecule has 1 atom stereocenters. The van der Waals surface area contributed by atoms with Gasteiger partial charge in [0.2, 0.25) is 5.91 Å². The summed E-state index contributed by atoms with van der Waals surface area (Å²) >= 11 is 1.23. The smallest absolute Gasteiger partial charge is 0.240 e. The lowest BCUT2D eigenvalue weighted by atomic mass is 10.1. The second-order valence-corrected chi connectivity index (χ2v) is 5.71. The molecule has 1 heterocycles. The molecule has 0 fully saturated rings. The van der Waals surface area contributed by atoms with Crippen molar-refractivity contribution in [2.75, 3.05) is 25.6 Å². The van der Waals surface area contributed by atoms with Gasteiger partial charge >= 0.3 is 0 Å². The van der Waals surface area contributed by atoms with Crippen molar-refractivity contribution >= 4 is 29.3 Å². The van der Waals surface area contributed by atoms with Gasteiger partial charge < -0.3 is 16.4 Å². The summed E-state index contributed by atoms with van der Waals surface area (Å²) in [5.74, 6) is 0.527. The molecular weight excluding hydrogens is 286 g/mol. The third-order valence-corrected chi connectivity index (χ3v) is 3.84. The Hall–Kier alpha value is -2.28. The van der Waals surface area contributed by atoms with Crippen molar-refractivity contribution in [3.8, 4) is 0 Å². The maximum atomic E-state index is 12.4. The molecular formula is C14H17N5OS. The first kappa shape index (κ1) is 15.1. The van der Waals surface area contributed by atoms with Gasteiger partial charge in [-0.2, -0.15) is 0 Å². The topological polar surface area (TPSA) is 98.1 Å². The van der Waals surface area contributed by atoms with Crippen molar-refractivity contribution in [3.63, 3.8) is 0 Å². The first-order chi connectivity index (χ1) is 9.97. The quantitative estimate of drug-likeness (QED) is 0.657. The molecule has 2 aromatic rings. The van der Waals surface area contributed by atoms with Gasteiger partial charge in [0, 0.05) is 20.2 Å². The number of aromatic nitrogens is 2. The van der Waals surface area contributed by atoms with Crippen molar-refractivity contribution < 1.29 is 4.79 Å². The van der Waals surface area contributed by atoms with Crippen molar-refractivity contribution in [1.82, 2.24) is 14.9 Å². The van der Waals surface area contributed by atoms with Crippen LogP contribution in [0.4, 0.5) is 11.6 Å². The Morgan fingerprint density at radius 1 is 1.14 bits per heavy atom. The molecule has 2 rings (SSSR count). The monoisotopic (exact) mass is 303 g/mol. The molecule has 0 saturated carbocycles. The lowest BCUT2D eigenvalue weighted by Gasteiger charge is -2.20. The number of nitrogen functional groups attached to an aromatic ring is 2. The van der Waals surface area contributed by atoms with Crippen molar-refractivity contribution in [2.24, 2.45) is 0 Å². The molecule has 0 unspecified atom stereocenters. The molecule has 110 valence electrons. The van der Waals surface area contributed by atoms with Gasteiger partial charge in [-0.3, -0.25) is 4.79 Å². The Morgan fingerprint density at radius 2 is 1.71 bits per heavy atom. The standard InChI is InChI=1S/C14H17N5OS/c1-19(2)13(20)12(9-6-4-3-5-7-9)21-14-17-10(15)8-11(16)18-14/h3-8,12H,1-2H3,(H4,15,16,17,18)/t12-/m0/s1. The van der Waals surface area contributed by atoms with E-state index in [2.05, 4.69) is 9.97 Å². The third kappa shape index (κ3) is 3.85. The third-order valence-electron chi connectivity index (χ3n) is 2.74. The van der Waals surface area contributed by atoms with E-state index in [9.17, 15) is 4.79 Å². The van der Waals surface area contributed by atoms with Crippen LogP contribution in [-0.4, -0.2) is 34.9 Å². The zero-order chi connectivity index (χ0) is 15.4. The van der Waals surface area contributed by atoms with Crippen molar-refractivity contribution in [3.05, 3.63) is 42.0 Å². The Bertz CT molecular complexity index is 612. The molecule has 0 aliphatic heterocycles. The van der Waals surface area contributed by atoms with Gasteiger partial charge in [0.05, 0.1) is 0 Å². The first-order valence-corrected chi connectivity index (χ1v) is 7.18. The molecule has 0 bridgehead atoms. The molecule has 1 aromatic carbocycles. The number of amides is 1. The van der Waals surface area contributed by atoms with Gasteiger partial charge in [0.1, 0.15) is 16.9 Å². The van der Waals surface area contributed by atoms with E-state index in [0.717, 1.165) is 5.56 Å². The number of benzene rings is 1. The highest BCUT2D eigenvalue weighted by atomic mass is 32.2. The Kier molecular flexibility index (Phi) is 4.64. The zero-order valence-electron chi connectivity index (χ0n) is 11.9. The van der Waals surface area contributed by atoms with Gasteiger partial charge in [-0.1, -0.05) is 42.1 Å². The number of thioether (sulfide) groups is 1. The van der Waals surface area contributed by atoms with Gasteiger partial charge in [-0.05, 0) is 5.56 Å². The highest BCUT2D eigenvalue weighted by molar-refractivity contribution is 8.00. The van der Waals surface area contributed by atoms with Crippen LogP contribution < -0.4 is 11.5 Å². The SMILES string of the molecule is CN(C)C(=O)[C@@H](Sc1nc(N)cc(N)n1)c1ccccc1. The van der Waals surface area contributed by atoms with Crippen LogP contribution in [0.3, 0.4) is 0 Å². The summed E-state index contributed by atoms with van der Waals surface area (Å²) in [4.78, 5) is 22.2. The van der Waals surface area contributed by atoms with Crippen LogP contribution in [0.1, 0.15) is 10.8 Å². The van der Waals surface area contributed by atoms with E-state index in [0.29, 0.717) is 5.16 Å². The highest BCUT2D eigenvalue weighted by Gasteiger charge is 2.24. The molecule has 1 aromatic heterocycles. The predicted molar refractivity (Wildman–Crippen MR) is 84.6 cm³/mol. The van der Waals surface area contributed by atoms with Gasteiger partial charge in [0.25, 0.3) is 0 Å². The number of carbonyl (C=O) groups is 1. The van der Waals surface area contributed by atoms with Crippen LogP contribution in [-0.2, 0) is 4.79 Å². The molecule has 0 spiro atoms. The maximum absolute atomic E-state index is 12.4. The van der Waals surface area contributed by atoms with Gasteiger partial charge in [-0.25, -0.2) is 9.97 Å². The van der Waals surface area contributed by atoms with Crippen LogP contribution in [0, 0.1) is 0 Å². The number of likely N-dealkylation sites (N-methyl/N-ethyl adjacent to an activating group) is 1. The predicted octanol–water partition coefficient (Wildman–Crippen LogP) is 1.56. The molecule has 7 heteroatoms. The second-order valence-electron chi connectivity index (χ2n) is 4.64. The van der Waals surface area contributed by atoms with Crippen LogP contribution in [0.15, 0.2) is 41.6 Å². The number of carbonyl (C=O) groups excluding carboxylic acids is 1. The summed E-state index contributed by atoms with van der Waals surface area (Å²) in [5.41, 5.74) is 12.2. The number of anilines is 2. The maximum Gasteiger partial charge on any atom is 0.240 e. The number of hydrogen-bond donors (Lipinski definition) is 2. The lowest BCUT2D eigenvalue weighted by molar-refractivity contribution is -0.128. The van der Waals surface area contributed by atoms with E-state index >= 15 is 0 Å². The average Bonchev–Trinajstić information content (AvgIpc) is 2.44. The normalized spacial score (nSPS) is 11.9. The van der Waals surface area contributed by atoms with Gasteiger partial charge in [0.15, 0.2) is 5.16 Å². The van der Waals surface area contributed by atoms with Crippen LogP contribution in [0.5, 0.6) is 0 Å². The van der Waals surface area contributed by atoms with E-state index < -0.39 is 5.25 Å². The fourth-order valence-electron chi connectivity index (χ4n) is 1.74. The summed E-state index contributed by atoms with van der Waals surface area (Å²) in [7, 11) is 3.43. The van der Waals surface area contributed by atoms with E-state index in [1.807, 2.05) is 30.3 Å². The minimum atomic E-state index is -0.442. The Morgan fingerprint density at radius 3 is 2.24 bits per heavy atom. The molecule has 1 amide bonds. The molecule has 0 aliphatic rings. The molecule has 0 saturated heterocycles. The van der Waals surface area contributed by atoms with E-state index in [4.69, 9.17) is 11.5 Å². The second kappa shape index (κ2) is 6.45. The first-order valence-electron chi connectivity index (χ1n) is 6.30. The molecule has 21 heavy (non-hydrogen) atoms. The fraction of sp³-hybridized carbons (Fsp3) is 0.214. The summed E-state index contributed by atoms with van der Waals surface area (Å²) in [6.45, 7) is 0. The molecule has 6 nitrogen and oxygen atoms in total. The van der Waals surface area contributed by atoms with Crippen molar-refractivity contribution in [1.29, 1.82) is 0 Å². The number of rotatable bonds is 4. The summed E-state index contributed by atoms with van der Waals surface area (Å²) in [6, 6.07) is 11.0. The average molecular weight is 303 g/mol. The number of nitrogens with zero attached hydrogens (tertiary/aromatic N) is 3. The Balaban J connectivity index is 2.34. The molecule has 4 N–H and O–H groups in total. The summed E-state index contributed by atoms with van der Waals surface area (Å²) in [6.07, 6.45) is 0. The largest absolute Gasteiger partial charge is 0.383 e. The van der Waals surface area contributed by atoms with Crippen LogP contribution in [0.25, 0.3) is 0 Å². The fourth-order valence-corrected chi connectivity index (χ4v) is 2.88. The molecule has 0 aliphatic carbocycles. The minimum Gasteiger partial charge on any atom is -0.383 e. The van der Waals surface area contributed by atoms with E-state index in [1.54, 1.807) is 19.0 Å². The number of hydrogen-bond acceptors (Lipinski definition) is 6. The number of nitrogens with two attached hydrogens (primary N) is 2. The minimum absolute atomic E-state index is 0.0456. The van der Waals surface area contributed by atoms with Crippen molar-refractivity contribution in [2.45, 2.75) is 10.4 Å². The molecule has 0 radical (unpaired) electrons. The zero-order valence-corrected chi connectivity index (χ0v) is 12.7. The van der Waals surface area contributed by atoms with E-state index in [1.165, 1.54) is 17.8 Å².